The maximum atomic E-state index is 11.8. The largest absolute Gasteiger partial charge is 0.334 e. The van der Waals surface area contributed by atoms with E-state index in [0.29, 0.717) is 6.54 Å². The van der Waals surface area contributed by atoms with E-state index >= 15 is 0 Å². The van der Waals surface area contributed by atoms with E-state index in [2.05, 4.69) is 26.6 Å². The second-order valence-corrected chi connectivity index (χ2v) is 5.50. The molecule has 104 valence electrons. The minimum Gasteiger partial charge on any atom is -0.334 e. The van der Waals surface area contributed by atoms with Crippen LogP contribution < -0.4 is 10.6 Å². The Morgan fingerprint density at radius 2 is 1.75 bits per heavy atom. The molecule has 0 bridgehead atoms. The van der Waals surface area contributed by atoms with Crippen molar-refractivity contribution in [2.45, 2.75) is 19.5 Å². The maximum absolute atomic E-state index is 11.8. The molecule has 0 aliphatic carbocycles. The lowest BCUT2D eigenvalue weighted by molar-refractivity contribution is 0.237. The average Bonchev–Trinajstić information content (AvgIpc) is 2.47. The number of carbonyl (C=O) groups is 1. The smallest absolute Gasteiger partial charge is 0.315 e. The minimum atomic E-state index is -0.163. The number of nitrogens with one attached hydrogen (secondary N) is 2. The zero-order valence-electron chi connectivity index (χ0n) is 11.3. The molecule has 0 aliphatic heterocycles. The van der Waals surface area contributed by atoms with Gasteiger partial charge in [0.05, 0.1) is 6.04 Å². The van der Waals surface area contributed by atoms with Gasteiger partial charge >= 0.3 is 6.03 Å². The monoisotopic (exact) mass is 332 g/mol. The first-order chi connectivity index (χ1) is 9.65. The van der Waals surface area contributed by atoms with Gasteiger partial charge in [-0.3, -0.25) is 0 Å². The molecule has 2 amide bonds. The van der Waals surface area contributed by atoms with Crippen LogP contribution >= 0.6 is 15.9 Å². The summed E-state index contributed by atoms with van der Waals surface area (Å²) in [5.74, 6) is 0. The van der Waals surface area contributed by atoms with Gasteiger partial charge in [-0.1, -0.05) is 58.4 Å². The van der Waals surface area contributed by atoms with Gasteiger partial charge in [0.1, 0.15) is 0 Å². The molecule has 0 radical (unpaired) electrons. The highest BCUT2D eigenvalue weighted by atomic mass is 79.9. The lowest BCUT2D eigenvalue weighted by Gasteiger charge is -2.15. The summed E-state index contributed by atoms with van der Waals surface area (Å²) in [6, 6.07) is 17.6. The van der Waals surface area contributed by atoms with E-state index in [1.165, 1.54) is 0 Å². The van der Waals surface area contributed by atoms with Crippen molar-refractivity contribution in [2.24, 2.45) is 0 Å². The fraction of sp³-hybridized carbons (Fsp3) is 0.188. The number of benzene rings is 2. The molecule has 2 N–H and O–H groups in total. The molecule has 0 fully saturated rings. The predicted molar refractivity (Wildman–Crippen MR) is 84.4 cm³/mol. The molecular formula is C16H17BrN2O. The second-order valence-electron chi connectivity index (χ2n) is 4.59. The third kappa shape index (κ3) is 4.38. The van der Waals surface area contributed by atoms with Crippen molar-refractivity contribution in [1.82, 2.24) is 10.6 Å². The predicted octanol–water partition coefficient (Wildman–Crippen LogP) is 4.01. The van der Waals surface area contributed by atoms with Gasteiger partial charge in [0.25, 0.3) is 0 Å². The number of hydrogen-bond donors (Lipinski definition) is 2. The minimum absolute atomic E-state index is 0.0288. The molecule has 4 heteroatoms. The highest BCUT2D eigenvalue weighted by Gasteiger charge is 2.08. The van der Waals surface area contributed by atoms with Gasteiger partial charge < -0.3 is 10.6 Å². The summed E-state index contributed by atoms with van der Waals surface area (Å²) in [6.45, 7) is 2.49. The van der Waals surface area contributed by atoms with Crippen LogP contribution in [0.15, 0.2) is 59.1 Å². The summed E-state index contributed by atoms with van der Waals surface area (Å²) in [5, 5.41) is 5.77. The molecule has 20 heavy (non-hydrogen) atoms. The maximum Gasteiger partial charge on any atom is 0.315 e. The van der Waals surface area contributed by atoms with Crippen LogP contribution in [0.1, 0.15) is 24.1 Å². The number of hydrogen-bond acceptors (Lipinski definition) is 1. The van der Waals surface area contributed by atoms with E-state index < -0.39 is 0 Å². The topological polar surface area (TPSA) is 41.1 Å². The van der Waals surface area contributed by atoms with Crippen LogP contribution in [0.3, 0.4) is 0 Å². The van der Waals surface area contributed by atoms with Gasteiger partial charge in [0.15, 0.2) is 0 Å². The summed E-state index contributed by atoms with van der Waals surface area (Å²) < 4.78 is 1.03. The molecule has 0 aliphatic rings. The first-order valence-corrected chi connectivity index (χ1v) is 7.28. The first-order valence-electron chi connectivity index (χ1n) is 6.49. The standard InChI is InChI=1S/C16H17BrN2O/c1-12(14-7-9-15(17)10-8-14)19-16(20)18-11-13-5-3-2-4-6-13/h2-10,12H,11H2,1H3,(H2,18,19,20)/t12-/m0/s1. The van der Waals surface area contributed by atoms with Gasteiger partial charge in [-0.05, 0) is 30.2 Å². The van der Waals surface area contributed by atoms with Crippen molar-refractivity contribution in [3.63, 3.8) is 0 Å². The van der Waals surface area contributed by atoms with E-state index in [0.717, 1.165) is 15.6 Å². The summed E-state index contributed by atoms with van der Waals surface area (Å²) in [7, 11) is 0. The molecule has 0 spiro atoms. The van der Waals surface area contributed by atoms with Crippen molar-refractivity contribution >= 4 is 22.0 Å². The average molecular weight is 333 g/mol. The Labute approximate surface area is 127 Å². The Hall–Kier alpha value is -1.81. The zero-order valence-corrected chi connectivity index (χ0v) is 12.9. The number of halogens is 1. The van der Waals surface area contributed by atoms with Crippen molar-refractivity contribution in [3.05, 3.63) is 70.2 Å². The lowest BCUT2D eigenvalue weighted by atomic mass is 10.1. The molecule has 0 aromatic heterocycles. The molecule has 2 rings (SSSR count). The summed E-state index contributed by atoms with van der Waals surface area (Å²) >= 11 is 3.40. The van der Waals surface area contributed by atoms with Crippen molar-refractivity contribution in [2.75, 3.05) is 0 Å². The summed E-state index contributed by atoms with van der Waals surface area (Å²) in [6.07, 6.45) is 0. The van der Waals surface area contributed by atoms with Crippen molar-refractivity contribution < 1.29 is 4.79 Å². The SMILES string of the molecule is C[C@H](NC(=O)NCc1ccccc1)c1ccc(Br)cc1. The fourth-order valence-corrected chi connectivity index (χ4v) is 2.12. The van der Waals surface area contributed by atoms with Crippen LogP contribution in [0.2, 0.25) is 0 Å². The van der Waals surface area contributed by atoms with Crippen molar-refractivity contribution in [3.8, 4) is 0 Å². The highest BCUT2D eigenvalue weighted by Crippen LogP contribution is 2.16. The molecule has 0 saturated carbocycles. The Morgan fingerprint density at radius 1 is 1.10 bits per heavy atom. The molecule has 2 aromatic carbocycles. The van der Waals surface area contributed by atoms with E-state index in [1.807, 2.05) is 61.5 Å². The molecule has 0 heterocycles. The second kappa shape index (κ2) is 7.10. The number of urea groups is 1. The highest BCUT2D eigenvalue weighted by molar-refractivity contribution is 9.10. The van der Waals surface area contributed by atoms with Crippen LogP contribution in [0.25, 0.3) is 0 Å². The zero-order chi connectivity index (χ0) is 14.4. The number of carbonyl (C=O) groups excluding carboxylic acids is 1. The van der Waals surface area contributed by atoms with Crippen LogP contribution in [0, 0.1) is 0 Å². The van der Waals surface area contributed by atoms with Crippen LogP contribution in [0.5, 0.6) is 0 Å². The Kier molecular flexibility index (Phi) is 5.18. The van der Waals surface area contributed by atoms with Crippen LogP contribution in [0.4, 0.5) is 4.79 Å². The normalized spacial score (nSPS) is 11.7. The van der Waals surface area contributed by atoms with Crippen molar-refractivity contribution in [1.29, 1.82) is 0 Å². The molecule has 3 nitrogen and oxygen atoms in total. The Morgan fingerprint density at radius 3 is 2.40 bits per heavy atom. The van der Waals surface area contributed by atoms with Gasteiger partial charge in [-0.25, -0.2) is 4.79 Å². The van der Waals surface area contributed by atoms with Gasteiger partial charge in [-0.15, -0.1) is 0 Å². The Bertz CT molecular complexity index is 554. The molecular weight excluding hydrogens is 316 g/mol. The fourth-order valence-electron chi connectivity index (χ4n) is 1.86. The third-order valence-electron chi connectivity index (χ3n) is 3.01. The Balaban J connectivity index is 1.83. The molecule has 2 aromatic rings. The summed E-state index contributed by atoms with van der Waals surface area (Å²) in [4.78, 5) is 11.8. The lowest BCUT2D eigenvalue weighted by Crippen LogP contribution is -2.36. The first kappa shape index (κ1) is 14.6. The van der Waals surface area contributed by atoms with Crippen LogP contribution in [-0.2, 0) is 6.54 Å². The third-order valence-corrected chi connectivity index (χ3v) is 3.54. The molecule has 0 unspecified atom stereocenters. The van der Waals surface area contributed by atoms with Gasteiger partial charge in [0, 0.05) is 11.0 Å². The number of rotatable bonds is 4. The van der Waals surface area contributed by atoms with Gasteiger partial charge in [0.2, 0.25) is 0 Å². The molecule has 0 saturated heterocycles. The van der Waals surface area contributed by atoms with E-state index in [-0.39, 0.29) is 12.1 Å². The van der Waals surface area contributed by atoms with Crippen LogP contribution in [-0.4, -0.2) is 6.03 Å². The molecule has 1 atom stereocenters. The van der Waals surface area contributed by atoms with E-state index in [1.54, 1.807) is 0 Å². The van der Waals surface area contributed by atoms with Gasteiger partial charge in [-0.2, -0.15) is 0 Å². The van der Waals surface area contributed by atoms with E-state index in [9.17, 15) is 4.79 Å². The quantitative estimate of drug-likeness (QED) is 0.872. The summed E-state index contributed by atoms with van der Waals surface area (Å²) in [5.41, 5.74) is 2.15. The number of amides is 2. The van der Waals surface area contributed by atoms with E-state index in [4.69, 9.17) is 0 Å².